The van der Waals surface area contributed by atoms with Gasteiger partial charge in [-0.3, -0.25) is 0 Å². The molecule has 120 valence electrons. The molecule has 2 nitrogen and oxygen atoms in total. The van der Waals surface area contributed by atoms with Gasteiger partial charge in [-0.25, -0.2) is 9.37 Å². The zero-order chi connectivity index (χ0) is 17.0. The second-order valence-corrected chi connectivity index (χ2v) is 5.41. The molecule has 0 spiro atoms. The number of fused-ring (bicyclic) bond motifs is 1. The van der Waals surface area contributed by atoms with Gasteiger partial charge in [0.25, 0.3) is 0 Å². The summed E-state index contributed by atoms with van der Waals surface area (Å²) in [6, 6.07) is 11.3. The molecule has 3 aromatic rings. The molecule has 0 aliphatic rings. The van der Waals surface area contributed by atoms with E-state index in [9.17, 15) is 4.39 Å². The van der Waals surface area contributed by atoms with Crippen LogP contribution in [0.15, 0.2) is 42.6 Å². The van der Waals surface area contributed by atoms with Gasteiger partial charge in [-0.2, -0.15) is 0 Å². The van der Waals surface area contributed by atoms with Crippen molar-refractivity contribution >= 4 is 22.3 Å². The van der Waals surface area contributed by atoms with Gasteiger partial charge in [0.2, 0.25) is 0 Å². The molecule has 0 bridgehead atoms. The molecule has 1 heterocycles. The summed E-state index contributed by atoms with van der Waals surface area (Å²) in [4.78, 5) is 4.42. The van der Waals surface area contributed by atoms with E-state index in [0.29, 0.717) is 5.56 Å². The molecule has 1 N–H and O–H groups in total. The number of pyridine rings is 1. The Kier molecular flexibility index (Phi) is 5.32. The highest BCUT2D eigenvalue weighted by molar-refractivity contribution is 5.94. The standard InChI is InChI=1S/C18H17FN2.C2H6/c1-11-8-14-6-7-20-18(16(14)10-12(11)2)21-15-4-5-17(19)13(3)9-15;1-2/h4-10H,1-3H3,(H,20,21);1-2H3. The summed E-state index contributed by atoms with van der Waals surface area (Å²) in [7, 11) is 0. The monoisotopic (exact) mass is 310 g/mol. The Labute approximate surface area is 137 Å². The predicted octanol–water partition coefficient (Wildman–Crippen LogP) is 6.07. The summed E-state index contributed by atoms with van der Waals surface area (Å²) >= 11 is 0. The summed E-state index contributed by atoms with van der Waals surface area (Å²) in [5, 5.41) is 5.50. The molecule has 0 unspecified atom stereocenters. The molecular weight excluding hydrogens is 287 g/mol. The molecule has 3 rings (SSSR count). The normalized spacial score (nSPS) is 10.2. The summed E-state index contributed by atoms with van der Waals surface area (Å²) in [6.45, 7) is 9.95. The molecule has 2 aromatic carbocycles. The molecule has 3 heteroatoms. The minimum absolute atomic E-state index is 0.196. The first-order valence-electron chi connectivity index (χ1n) is 7.94. The van der Waals surface area contributed by atoms with Gasteiger partial charge >= 0.3 is 0 Å². The van der Waals surface area contributed by atoms with Gasteiger partial charge < -0.3 is 5.32 Å². The van der Waals surface area contributed by atoms with Gasteiger partial charge in [-0.1, -0.05) is 19.9 Å². The number of rotatable bonds is 2. The van der Waals surface area contributed by atoms with Crippen molar-refractivity contribution in [2.24, 2.45) is 0 Å². The number of halogens is 1. The number of aromatic nitrogens is 1. The Hall–Kier alpha value is -2.42. The maximum atomic E-state index is 13.3. The summed E-state index contributed by atoms with van der Waals surface area (Å²) in [6.07, 6.45) is 1.79. The topological polar surface area (TPSA) is 24.9 Å². The van der Waals surface area contributed by atoms with Crippen LogP contribution < -0.4 is 5.32 Å². The molecule has 0 saturated carbocycles. The van der Waals surface area contributed by atoms with Gasteiger partial charge in [0.05, 0.1) is 0 Å². The third kappa shape index (κ3) is 3.67. The van der Waals surface area contributed by atoms with Crippen LogP contribution in [0.25, 0.3) is 10.8 Å². The lowest BCUT2D eigenvalue weighted by Gasteiger charge is -2.11. The van der Waals surface area contributed by atoms with Crippen LogP contribution in [0.2, 0.25) is 0 Å². The Morgan fingerprint density at radius 3 is 2.26 bits per heavy atom. The lowest BCUT2D eigenvalue weighted by Crippen LogP contribution is -1.96. The molecule has 0 atom stereocenters. The molecule has 1 aromatic heterocycles. The van der Waals surface area contributed by atoms with E-state index in [1.165, 1.54) is 17.2 Å². The number of aryl methyl sites for hydroxylation is 3. The second-order valence-electron chi connectivity index (χ2n) is 5.41. The number of hydrogen-bond acceptors (Lipinski definition) is 2. The van der Waals surface area contributed by atoms with Gasteiger partial charge in [-0.15, -0.1) is 0 Å². The summed E-state index contributed by atoms with van der Waals surface area (Å²) in [5.41, 5.74) is 3.95. The van der Waals surface area contributed by atoms with Crippen molar-refractivity contribution in [1.29, 1.82) is 0 Å². The molecule has 0 saturated heterocycles. The lowest BCUT2D eigenvalue weighted by molar-refractivity contribution is 0.619. The Morgan fingerprint density at radius 1 is 0.870 bits per heavy atom. The molecule has 0 radical (unpaired) electrons. The van der Waals surface area contributed by atoms with E-state index in [1.54, 1.807) is 25.3 Å². The zero-order valence-electron chi connectivity index (χ0n) is 14.4. The summed E-state index contributed by atoms with van der Waals surface area (Å²) < 4.78 is 13.3. The quantitative estimate of drug-likeness (QED) is 0.621. The Balaban J connectivity index is 0.000000924. The first-order valence-corrected chi connectivity index (χ1v) is 7.94. The number of benzene rings is 2. The average molecular weight is 310 g/mol. The molecule has 23 heavy (non-hydrogen) atoms. The van der Waals surface area contributed by atoms with Crippen LogP contribution in [0.3, 0.4) is 0 Å². The number of hydrogen-bond donors (Lipinski definition) is 1. The van der Waals surface area contributed by atoms with Crippen LogP contribution in [0.4, 0.5) is 15.9 Å². The minimum Gasteiger partial charge on any atom is -0.340 e. The van der Waals surface area contributed by atoms with Crippen molar-refractivity contribution in [2.75, 3.05) is 5.32 Å². The fourth-order valence-corrected chi connectivity index (χ4v) is 2.40. The lowest BCUT2D eigenvalue weighted by atomic mass is 10.0. The van der Waals surface area contributed by atoms with Crippen molar-refractivity contribution in [2.45, 2.75) is 34.6 Å². The summed E-state index contributed by atoms with van der Waals surface area (Å²) in [5.74, 6) is 0.597. The first-order chi connectivity index (χ1) is 11.0. The van der Waals surface area contributed by atoms with E-state index in [4.69, 9.17) is 0 Å². The SMILES string of the molecule is CC.Cc1cc2ccnc(Nc3ccc(F)c(C)c3)c2cc1C. The Morgan fingerprint density at radius 2 is 1.57 bits per heavy atom. The van der Waals surface area contributed by atoms with Crippen molar-refractivity contribution in [1.82, 2.24) is 4.98 Å². The second kappa shape index (κ2) is 7.23. The van der Waals surface area contributed by atoms with Crippen LogP contribution in [0.5, 0.6) is 0 Å². The number of nitrogens with zero attached hydrogens (tertiary/aromatic N) is 1. The minimum atomic E-state index is -0.196. The van der Waals surface area contributed by atoms with E-state index in [2.05, 4.69) is 36.3 Å². The molecule has 0 fully saturated rings. The van der Waals surface area contributed by atoms with Gasteiger partial charge in [0.1, 0.15) is 11.6 Å². The van der Waals surface area contributed by atoms with Crippen molar-refractivity contribution in [3.8, 4) is 0 Å². The zero-order valence-corrected chi connectivity index (χ0v) is 14.4. The number of anilines is 2. The van der Waals surface area contributed by atoms with E-state index in [0.717, 1.165) is 22.3 Å². The van der Waals surface area contributed by atoms with Crippen molar-refractivity contribution in [3.63, 3.8) is 0 Å². The van der Waals surface area contributed by atoms with Crippen molar-refractivity contribution < 1.29 is 4.39 Å². The molecule has 0 aliphatic carbocycles. The fourth-order valence-electron chi connectivity index (χ4n) is 2.40. The fraction of sp³-hybridized carbons (Fsp3) is 0.250. The molecule has 0 amide bonds. The molecular formula is C20H23FN2. The highest BCUT2D eigenvalue weighted by Gasteiger charge is 2.06. The van der Waals surface area contributed by atoms with Crippen LogP contribution >= 0.6 is 0 Å². The van der Waals surface area contributed by atoms with Crippen LogP contribution in [0.1, 0.15) is 30.5 Å². The largest absolute Gasteiger partial charge is 0.340 e. The van der Waals surface area contributed by atoms with E-state index >= 15 is 0 Å². The smallest absolute Gasteiger partial charge is 0.138 e. The van der Waals surface area contributed by atoms with Gasteiger partial charge in [0.15, 0.2) is 0 Å². The predicted molar refractivity (Wildman–Crippen MR) is 97.0 cm³/mol. The van der Waals surface area contributed by atoms with E-state index < -0.39 is 0 Å². The highest BCUT2D eigenvalue weighted by Crippen LogP contribution is 2.27. The Bertz CT molecular complexity index is 825. The highest BCUT2D eigenvalue weighted by atomic mass is 19.1. The van der Waals surface area contributed by atoms with Crippen LogP contribution in [-0.2, 0) is 0 Å². The van der Waals surface area contributed by atoms with Crippen LogP contribution in [0, 0.1) is 26.6 Å². The molecule has 0 aliphatic heterocycles. The van der Waals surface area contributed by atoms with Crippen molar-refractivity contribution in [3.05, 3.63) is 65.1 Å². The maximum Gasteiger partial charge on any atom is 0.138 e. The first kappa shape index (κ1) is 16.9. The van der Waals surface area contributed by atoms with Crippen LogP contribution in [-0.4, -0.2) is 4.98 Å². The van der Waals surface area contributed by atoms with Gasteiger partial charge in [-0.05, 0) is 73.2 Å². The third-order valence-electron chi connectivity index (χ3n) is 3.80. The van der Waals surface area contributed by atoms with E-state index in [-0.39, 0.29) is 5.82 Å². The third-order valence-corrected chi connectivity index (χ3v) is 3.80. The van der Waals surface area contributed by atoms with Gasteiger partial charge in [0, 0.05) is 17.3 Å². The number of nitrogens with one attached hydrogen (secondary N) is 1. The maximum absolute atomic E-state index is 13.3. The average Bonchev–Trinajstić information content (AvgIpc) is 2.55. The van der Waals surface area contributed by atoms with E-state index in [1.807, 2.05) is 19.9 Å².